The standard InChI is InChI=1S/C15H26N2S/c1-5-16-10-11(2)12(3)17-8-6-15-14(13(17)4)7-9-18-15/h7,9,11-13,16H,5-6,8,10H2,1-4H3. The fourth-order valence-corrected chi connectivity index (χ4v) is 3.92. The molecule has 0 spiro atoms. The minimum atomic E-state index is 0.582. The summed E-state index contributed by atoms with van der Waals surface area (Å²) in [6.45, 7) is 12.7. The Kier molecular flexibility index (Phi) is 4.82. The lowest BCUT2D eigenvalue weighted by atomic mass is 9.94. The predicted octanol–water partition coefficient (Wildman–Crippen LogP) is 3.30. The van der Waals surface area contributed by atoms with Crippen molar-refractivity contribution in [2.75, 3.05) is 19.6 Å². The number of rotatable bonds is 5. The normalized spacial score (nSPS) is 23.7. The van der Waals surface area contributed by atoms with Gasteiger partial charge in [0, 0.05) is 23.5 Å². The Balaban J connectivity index is 2.02. The van der Waals surface area contributed by atoms with Crippen LogP contribution in [0.5, 0.6) is 0 Å². The molecule has 102 valence electrons. The zero-order valence-corrected chi connectivity index (χ0v) is 12.9. The van der Waals surface area contributed by atoms with Crippen LogP contribution >= 0.6 is 11.3 Å². The molecular formula is C15H26N2S. The highest BCUT2D eigenvalue weighted by atomic mass is 32.1. The number of hydrogen-bond acceptors (Lipinski definition) is 3. The Morgan fingerprint density at radius 1 is 1.50 bits per heavy atom. The monoisotopic (exact) mass is 266 g/mol. The molecule has 2 rings (SSSR count). The van der Waals surface area contributed by atoms with Crippen molar-refractivity contribution in [1.82, 2.24) is 10.2 Å². The van der Waals surface area contributed by atoms with E-state index < -0.39 is 0 Å². The lowest BCUT2D eigenvalue weighted by Crippen LogP contribution is -2.45. The molecule has 2 nitrogen and oxygen atoms in total. The molecule has 0 aliphatic carbocycles. The molecule has 3 heteroatoms. The third kappa shape index (κ3) is 2.79. The first kappa shape index (κ1) is 14.0. The second kappa shape index (κ2) is 6.18. The van der Waals surface area contributed by atoms with Gasteiger partial charge >= 0.3 is 0 Å². The lowest BCUT2D eigenvalue weighted by molar-refractivity contribution is 0.108. The molecule has 0 bridgehead atoms. The molecule has 1 aliphatic rings. The van der Waals surface area contributed by atoms with Gasteiger partial charge in [-0.2, -0.15) is 0 Å². The van der Waals surface area contributed by atoms with Gasteiger partial charge in [0.05, 0.1) is 0 Å². The van der Waals surface area contributed by atoms with E-state index in [1.54, 1.807) is 10.4 Å². The molecule has 0 aromatic carbocycles. The first-order valence-electron chi connectivity index (χ1n) is 7.17. The van der Waals surface area contributed by atoms with Crippen molar-refractivity contribution in [3.63, 3.8) is 0 Å². The van der Waals surface area contributed by atoms with Crippen LogP contribution in [-0.4, -0.2) is 30.6 Å². The van der Waals surface area contributed by atoms with Gasteiger partial charge in [0.1, 0.15) is 0 Å². The first-order valence-corrected chi connectivity index (χ1v) is 8.05. The first-order chi connectivity index (χ1) is 8.65. The molecule has 3 atom stereocenters. The van der Waals surface area contributed by atoms with Crippen LogP contribution in [0.2, 0.25) is 0 Å². The molecule has 1 N–H and O–H groups in total. The Hall–Kier alpha value is -0.380. The van der Waals surface area contributed by atoms with Crippen molar-refractivity contribution in [1.29, 1.82) is 0 Å². The van der Waals surface area contributed by atoms with E-state index in [0.717, 1.165) is 13.1 Å². The summed E-state index contributed by atoms with van der Waals surface area (Å²) < 4.78 is 0. The fourth-order valence-electron chi connectivity index (χ4n) is 2.95. The maximum absolute atomic E-state index is 3.47. The zero-order valence-electron chi connectivity index (χ0n) is 12.1. The molecule has 18 heavy (non-hydrogen) atoms. The maximum Gasteiger partial charge on any atom is 0.0333 e. The topological polar surface area (TPSA) is 15.3 Å². The van der Waals surface area contributed by atoms with Gasteiger partial charge in [-0.05, 0) is 56.3 Å². The summed E-state index contributed by atoms with van der Waals surface area (Å²) >= 11 is 1.93. The second-order valence-electron chi connectivity index (χ2n) is 5.49. The third-order valence-electron chi connectivity index (χ3n) is 4.39. The van der Waals surface area contributed by atoms with E-state index in [1.807, 2.05) is 11.3 Å². The largest absolute Gasteiger partial charge is 0.317 e. The van der Waals surface area contributed by atoms with Crippen LogP contribution < -0.4 is 5.32 Å². The van der Waals surface area contributed by atoms with Crippen LogP contribution in [0.25, 0.3) is 0 Å². The average Bonchev–Trinajstić information content (AvgIpc) is 2.84. The van der Waals surface area contributed by atoms with E-state index in [0.29, 0.717) is 18.0 Å². The summed E-state index contributed by atoms with van der Waals surface area (Å²) in [5.41, 5.74) is 1.56. The van der Waals surface area contributed by atoms with Crippen molar-refractivity contribution in [3.8, 4) is 0 Å². The Labute approximate surface area is 115 Å². The highest BCUT2D eigenvalue weighted by Gasteiger charge is 2.30. The van der Waals surface area contributed by atoms with Crippen molar-refractivity contribution >= 4 is 11.3 Å². The number of nitrogens with one attached hydrogen (secondary N) is 1. The van der Waals surface area contributed by atoms with Gasteiger partial charge in [0.15, 0.2) is 0 Å². The molecule has 0 saturated heterocycles. The average molecular weight is 266 g/mol. The molecule has 0 radical (unpaired) electrons. The maximum atomic E-state index is 3.47. The van der Waals surface area contributed by atoms with E-state index in [2.05, 4.69) is 49.4 Å². The molecule has 0 fully saturated rings. The zero-order chi connectivity index (χ0) is 13.1. The lowest BCUT2D eigenvalue weighted by Gasteiger charge is -2.40. The molecule has 2 heterocycles. The van der Waals surface area contributed by atoms with E-state index in [1.165, 1.54) is 13.0 Å². The second-order valence-corrected chi connectivity index (χ2v) is 6.49. The SMILES string of the molecule is CCNCC(C)C(C)N1CCc2sccc2C1C. The van der Waals surface area contributed by atoms with Crippen LogP contribution in [-0.2, 0) is 6.42 Å². The Morgan fingerprint density at radius 2 is 2.28 bits per heavy atom. The summed E-state index contributed by atoms with van der Waals surface area (Å²) in [4.78, 5) is 4.28. The molecule has 0 amide bonds. The smallest absolute Gasteiger partial charge is 0.0333 e. The van der Waals surface area contributed by atoms with Gasteiger partial charge in [-0.1, -0.05) is 13.8 Å². The van der Waals surface area contributed by atoms with Gasteiger partial charge in [-0.25, -0.2) is 0 Å². The minimum absolute atomic E-state index is 0.582. The van der Waals surface area contributed by atoms with Crippen molar-refractivity contribution in [3.05, 3.63) is 21.9 Å². The van der Waals surface area contributed by atoms with Crippen LogP contribution in [0.1, 0.15) is 44.2 Å². The van der Waals surface area contributed by atoms with Crippen LogP contribution in [0.15, 0.2) is 11.4 Å². The number of fused-ring (bicyclic) bond motifs is 1. The highest BCUT2D eigenvalue weighted by Crippen LogP contribution is 2.35. The van der Waals surface area contributed by atoms with Gasteiger partial charge in [0.2, 0.25) is 0 Å². The molecule has 1 aromatic rings. The van der Waals surface area contributed by atoms with Gasteiger partial charge < -0.3 is 5.32 Å². The molecule has 1 aromatic heterocycles. The van der Waals surface area contributed by atoms with Crippen molar-refractivity contribution in [2.24, 2.45) is 5.92 Å². The summed E-state index contributed by atoms with van der Waals surface area (Å²) in [6.07, 6.45) is 1.23. The van der Waals surface area contributed by atoms with Crippen molar-refractivity contribution < 1.29 is 0 Å². The van der Waals surface area contributed by atoms with Gasteiger partial charge in [0.25, 0.3) is 0 Å². The Bertz CT molecular complexity index is 374. The van der Waals surface area contributed by atoms with Crippen molar-refractivity contribution in [2.45, 2.75) is 46.2 Å². The van der Waals surface area contributed by atoms with E-state index in [4.69, 9.17) is 0 Å². The molecule has 1 aliphatic heterocycles. The number of thiophene rings is 1. The number of hydrogen-bond donors (Lipinski definition) is 1. The number of nitrogens with zero attached hydrogens (tertiary/aromatic N) is 1. The highest BCUT2D eigenvalue weighted by molar-refractivity contribution is 7.10. The molecule has 3 unspecified atom stereocenters. The Morgan fingerprint density at radius 3 is 3.00 bits per heavy atom. The van der Waals surface area contributed by atoms with E-state index >= 15 is 0 Å². The minimum Gasteiger partial charge on any atom is -0.317 e. The van der Waals surface area contributed by atoms with Gasteiger partial charge in [-0.3, -0.25) is 4.90 Å². The van der Waals surface area contributed by atoms with Gasteiger partial charge in [-0.15, -0.1) is 11.3 Å². The summed E-state index contributed by atoms with van der Waals surface area (Å²) in [6, 6.07) is 3.55. The third-order valence-corrected chi connectivity index (χ3v) is 5.38. The van der Waals surface area contributed by atoms with Crippen LogP contribution in [0.3, 0.4) is 0 Å². The molecule has 0 saturated carbocycles. The molecular weight excluding hydrogens is 240 g/mol. The quantitative estimate of drug-likeness (QED) is 0.879. The fraction of sp³-hybridized carbons (Fsp3) is 0.733. The summed E-state index contributed by atoms with van der Waals surface area (Å²) in [5.74, 6) is 0.701. The van der Waals surface area contributed by atoms with E-state index in [9.17, 15) is 0 Å². The van der Waals surface area contributed by atoms with Crippen LogP contribution in [0.4, 0.5) is 0 Å². The van der Waals surface area contributed by atoms with E-state index in [-0.39, 0.29) is 0 Å². The predicted molar refractivity (Wildman–Crippen MR) is 80.3 cm³/mol. The summed E-state index contributed by atoms with van der Waals surface area (Å²) in [5, 5.41) is 5.72. The van der Waals surface area contributed by atoms with Crippen LogP contribution in [0, 0.1) is 5.92 Å². The summed E-state index contributed by atoms with van der Waals surface area (Å²) in [7, 11) is 0.